The van der Waals surface area contributed by atoms with Crippen molar-refractivity contribution in [2.24, 2.45) is 5.92 Å². The molecule has 0 radical (unpaired) electrons. The van der Waals surface area contributed by atoms with E-state index < -0.39 is 5.97 Å². The molecule has 1 saturated carbocycles. The number of carbonyl (C=O) groups is 1. The van der Waals surface area contributed by atoms with Crippen LogP contribution in [0.25, 0.3) is 0 Å². The molecule has 0 aromatic heterocycles. The molecule has 1 aliphatic carbocycles. The van der Waals surface area contributed by atoms with E-state index in [4.69, 9.17) is 11.6 Å². The molecule has 2 N–H and O–H groups in total. The third-order valence-electron chi connectivity index (χ3n) is 3.93. The van der Waals surface area contributed by atoms with Crippen LogP contribution < -0.4 is 5.32 Å². The topological polar surface area (TPSA) is 49.3 Å². The van der Waals surface area contributed by atoms with E-state index in [1.807, 2.05) is 0 Å². The normalized spacial score (nSPS) is 23.1. The average molecular weight is 282 g/mol. The van der Waals surface area contributed by atoms with Crippen molar-refractivity contribution in [1.82, 2.24) is 0 Å². The Morgan fingerprint density at radius 2 is 2.26 bits per heavy atom. The van der Waals surface area contributed by atoms with Crippen LogP contribution in [0.1, 0.15) is 49.4 Å². The number of hydrogen-bond acceptors (Lipinski definition) is 2. The Hall–Kier alpha value is -1.22. The van der Waals surface area contributed by atoms with Gasteiger partial charge in [0.2, 0.25) is 0 Å². The van der Waals surface area contributed by atoms with Crippen LogP contribution in [-0.4, -0.2) is 17.1 Å². The van der Waals surface area contributed by atoms with Gasteiger partial charge in [-0.25, -0.2) is 4.79 Å². The summed E-state index contributed by atoms with van der Waals surface area (Å²) in [5.74, 6) is -0.181. The van der Waals surface area contributed by atoms with Crippen LogP contribution in [0.2, 0.25) is 5.02 Å². The Bertz CT molecular complexity index is 461. The van der Waals surface area contributed by atoms with Crippen molar-refractivity contribution in [2.75, 3.05) is 5.32 Å². The molecule has 0 heterocycles. The summed E-state index contributed by atoms with van der Waals surface area (Å²) in [6.07, 6.45) is 5.94. The van der Waals surface area contributed by atoms with Crippen LogP contribution in [-0.2, 0) is 0 Å². The lowest BCUT2D eigenvalue weighted by molar-refractivity contribution is 0.0698. The van der Waals surface area contributed by atoms with Crippen LogP contribution in [0.5, 0.6) is 0 Å². The van der Waals surface area contributed by atoms with Crippen LogP contribution >= 0.6 is 11.6 Å². The number of nitrogens with one attached hydrogen (secondary N) is 1. The molecular formula is C15H20ClNO2. The van der Waals surface area contributed by atoms with Crippen molar-refractivity contribution < 1.29 is 9.90 Å². The van der Waals surface area contributed by atoms with E-state index in [9.17, 15) is 9.90 Å². The quantitative estimate of drug-likeness (QED) is 0.859. The first kappa shape index (κ1) is 14.2. The fourth-order valence-electron chi connectivity index (χ4n) is 2.83. The fraction of sp³-hybridized carbons (Fsp3) is 0.533. The summed E-state index contributed by atoms with van der Waals surface area (Å²) in [5, 5.41) is 13.1. The highest BCUT2D eigenvalue weighted by Gasteiger charge is 2.22. The van der Waals surface area contributed by atoms with Gasteiger partial charge in [-0.1, -0.05) is 37.8 Å². The van der Waals surface area contributed by atoms with Crippen molar-refractivity contribution >= 4 is 23.3 Å². The van der Waals surface area contributed by atoms with Gasteiger partial charge in [0.25, 0.3) is 0 Å². The van der Waals surface area contributed by atoms with Crippen molar-refractivity contribution in [3.8, 4) is 0 Å². The van der Waals surface area contributed by atoms with Gasteiger partial charge in [-0.15, -0.1) is 0 Å². The highest BCUT2D eigenvalue weighted by Crippen LogP contribution is 2.30. The zero-order valence-electron chi connectivity index (χ0n) is 11.2. The molecule has 0 saturated heterocycles. The molecule has 0 amide bonds. The fourth-order valence-corrected chi connectivity index (χ4v) is 3.00. The highest BCUT2D eigenvalue weighted by atomic mass is 35.5. The summed E-state index contributed by atoms with van der Waals surface area (Å²) in [5.41, 5.74) is 0.935. The molecule has 104 valence electrons. The largest absolute Gasteiger partial charge is 0.478 e. The van der Waals surface area contributed by atoms with Crippen molar-refractivity contribution in [3.05, 3.63) is 28.8 Å². The molecule has 0 spiro atoms. The molecule has 0 bridgehead atoms. The van der Waals surface area contributed by atoms with E-state index in [0.29, 0.717) is 16.8 Å². The van der Waals surface area contributed by atoms with Crippen molar-refractivity contribution in [1.29, 1.82) is 0 Å². The van der Waals surface area contributed by atoms with Gasteiger partial charge in [0, 0.05) is 16.8 Å². The van der Waals surface area contributed by atoms with Gasteiger partial charge in [0.15, 0.2) is 0 Å². The molecule has 0 aliphatic heterocycles. The second-order valence-corrected chi connectivity index (χ2v) is 5.71. The van der Waals surface area contributed by atoms with E-state index in [0.717, 1.165) is 18.8 Å². The summed E-state index contributed by atoms with van der Waals surface area (Å²) in [4.78, 5) is 11.2. The Morgan fingerprint density at radius 3 is 2.95 bits per heavy atom. The summed E-state index contributed by atoms with van der Waals surface area (Å²) in [7, 11) is 0. The molecule has 1 fully saturated rings. The zero-order valence-corrected chi connectivity index (χ0v) is 11.9. The van der Waals surface area contributed by atoms with Gasteiger partial charge in [-0.3, -0.25) is 0 Å². The number of carboxylic acid groups (broad SMARTS) is 1. The van der Waals surface area contributed by atoms with Gasteiger partial charge < -0.3 is 10.4 Å². The van der Waals surface area contributed by atoms with Crippen LogP contribution in [0.15, 0.2) is 18.2 Å². The lowest BCUT2D eigenvalue weighted by Gasteiger charge is -2.30. The number of hydrogen-bond donors (Lipinski definition) is 2. The molecule has 3 nitrogen and oxygen atoms in total. The van der Waals surface area contributed by atoms with Gasteiger partial charge in [-0.05, 0) is 37.0 Å². The van der Waals surface area contributed by atoms with E-state index >= 15 is 0 Å². The van der Waals surface area contributed by atoms with E-state index in [2.05, 4.69) is 12.2 Å². The van der Waals surface area contributed by atoms with E-state index in [1.54, 1.807) is 12.1 Å². The number of anilines is 1. The first-order chi connectivity index (χ1) is 9.10. The lowest BCUT2D eigenvalue weighted by Crippen LogP contribution is -2.27. The first-order valence-electron chi connectivity index (χ1n) is 6.89. The highest BCUT2D eigenvalue weighted by molar-refractivity contribution is 6.31. The van der Waals surface area contributed by atoms with Crippen molar-refractivity contribution in [3.63, 3.8) is 0 Å². The van der Waals surface area contributed by atoms with Crippen LogP contribution in [0.4, 0.5) is 5.69 Å². The average Bonchev–Trinajstić information content (AvgIpc) is 2.41. The van der Waals surface area contributed by atoms with Crippen LogP contribution in [0.3, 0.4) is 0 Å². The number of carboxylic acids is 1. The minimum Gasteiger partial charge on any atom is -0.478 e. The SMILES string of the molecule is CCC1CCCC(Nc2ccc(Cl)cc2C(=O)O)C1. The molecule has 4 heteroatoms. The third-order valence-corrected chi connectivity index (χ3v) is 4.17. The molecule has 1 aliphatic rings. The van der Waals surface area contributed by atoms with Gasteiger partial charge in [-0.2, -0.15) is 0 Å². The zero-order chi connectivity index (χ0) is 13.8. The lowest BCUT2D eigenvalue weighted by atomic mass is 9.84. The maximum atomic E-state index is 11.2. The minimum atomic E-state index is -0.937. The molecule has 2 unspecified atom stereocenters. The molecule has 1 aromatic carbocycles. The molecule has 2 rings (SSSR count). The predicted octanol–water partition coefficient (Wildman–Crippen LogP) is 4.42. The summed E-state index contributed by atoms with van der Waals surface area (Å²) < 4.78 is 0. The third kappa shape index (κ3) is 3.63. The maximum Gasteiger partial charge on any atom is 0.337 e. The number of halogens is 1. The van der Waals surface area contributed by atoms with Crippen LogP contribution in [0, 0.1) is 5.92 Å². The summed E-state index contributed by atoms with van der Waals surface area (Å²) in [6, 6.07) is 5.38. The van der Waals surface area contributed by atoms with Crippen molar-refractivity contribution in [2.45, 2.75) is 45.1 Å². The summed E-state index contributed by atoms with van der Waals surface area (Å²) in [6.45, 7) is 2.22. The van der Waals surface area contributed by atoms with E-state index in [-0.39, 0.29) is 5.56 Å². The number of rotatable bonds is 4. The monoisotopic (exact) mass is 281 g/mol. The molecule has 2 atom stereocenters. The smallest absolute Gasteiger partial charge is 0.337 e. The Labute approximate surface area is 119 Å². The predicted molar refractivity (Wildman–Crippen MR) is 78.1 cm³/mol. The van der Waals surface area contributed by atoms with E-state index in [1.165, 1.54) is 25.3 Å². The summed E-state index contributed by atoms with van der Waals surface area (Å²) >= 11 is 5.86. The number of aromatic carboxylic acids is 1. The maximum absolute atomic E-state index is 11.2. The minimum absolute atomic E-state index is 0.256. The Morgan fingerprint density at radius 1 is 1.47 bits per heavy atom. The molecular weight excluding hydrogens is 262 g/mol. The second kappa shape index (κ2) is 6.29. The number of benzene rings is 1. The molecule has 1 aromatic rings. The Balaban J connectivity index is 2.12. The van der Waals surface area contributed by atoms with Gasteiger partial charge in [0.05, 0.1) is 5.56 Å². The molecule has 19 heavy (non-hydrogen) atoms. The second-order valence-electron chi connectivity index (χ2n) is 5.28. The standard InChI is InChI=1S/C15H20ClNO2/c1-2-10-4-3-5-12(8-10)17-14-7-6-11(16)9-13(14)15(18)19/h6-7,9-10,12,17H,2-5,8H2,1H3,(H,18,19). The first-order valence-corrected chi connectivity index (χ1v) is 7.27. The van der Waals surface area contributed by atoms with Gasteiger partial charge >= 0.3 is 5.97 Å². The Kier molecular flexibility index (Phi) is 4.70. The van der Waals surface area contributed by atoms with Gasteiger partial charge in [0.1, 0.15) is 0 Å².